The lowest BCUT2D eigenvalue weighted by atomic mass is 10.0. The summed E-state index contributed by atoms with van der Waals surface area (Å²) in [5.41, 5.74) is 3.05. The first-order valence-electron chi connectivity index (χ1n) is 10.4. The molecule has 5 rings (SSSR count). The van der Waals surface area contributed by atoms with Gasteiger partial charge >= 0.3 is 11.9 Å². The fourth-order valence-corrected chi connectivity index (χ4v) is 3.84. The Morgan fingerprint density at radius 1 is 0.970 bits per heavy atom. The summed E-state index contributed by atoms with van der Waals surface area (Å²) in [5.74, 6) is 0.424. The molecule has 0 amide bonds. The summed E-state index contributed by atoms with van der Waals surface area (Å²) in [6, 6.07) is 14.9. The second-order valence-electron chi connectivity index (χ2n) is 8.27. The van der Waals surface area contributed by atoms with Gasteiger partial charge in [0.05, 0.1) is 17.8 Å². The van der Waals surface area contributed by atoms with Gasteiger partial charge in [-0.3, -0.25) is 0 Å². The van der Waals surface area contributed by atoms with E-state index in [1.165, 1.54) is 16.0 Å². The lowest BCUT2D eigenvalue weighted by Gasteiger charge is -2.08. The lowest BCUT2D eigenvalue weighted by molar-refractivity contribution is -0.137. The largest absolute Gasteiger partial charge is 0.416 e. The topological polar surface area (TPSA) is 56.6 Å². The number of fused-ring (bicyclic) bond motifs is 3. The van der Waals surface area contributed by atoms with E-state index in [4.69, 9.17) is 0 Å². The molecule has 0 fully saturated rings. The monoisotopic (exact) mass is 451 g/mol. The maximum absolute atomic E-state index is 13.0. The Kier molecular flexibility index (Phi) is 4.84. The van der Waals surface area contributed by atoms with Crippen molar-refractivity contribution < 1.29 is 13.2 Å². The van der Waals surface area contributed by atoms with Gasteiger partial charge in [-0.05, 0) is 35.2 Å². The summed E-state index contributed by atoms with van der Waals surface area (Å²) in [6.45, 7) is 4.18. The number of halogens is 3. The number of benzene rings is 2. The SMILES string of the molecule is CC(C)c1ccc(-c2cc3c4nn(Cc5cccc(C(F)(F)F)c5)c(=O)n4ccn3n2)cc1. The Bertz CT molecular complexity index is 1520. The van der Waals surface area contributed by atoms with Gasteiger partial charge in [-0.15, -0.1) is 5.10 Å². The number of rotatable bonds is 4. The molecule has 3 aromatic heterocycles. The van der Waals surface area contributed by atoms with Crippen LogP contribution < -0.4 is 5.69 Å². The van der Waals surface area contributed by atoms with Gasteiger partial charge in [-0.25, -0.2) is 18.4 Å². The van der Waals surface area contributed by atoms with Gasteiger partial charge in [-0.1, -0.05) is 50.2 Å². The molecular formula is C24H20F3N5O. The maximum Gasteiger partial charge on any atom is 0.416 e. The second kappa shape index (κ2) is 7.61. The van der Waals surface area contributed by atoms with E-state index in [2.05, 4.69) is 36.2 Å². The molecule has 0 saturated heterocycles. The van der Waals surface area contributed by atoms with Gasteiger partial charge in [0, 0.05) is 18.0 Å². The highest BCUT2D eigenvalue weighted by atomic mass is 19.4. The van der Waals surface area contributed by atoms with Crippen LogP contribution >= 0.6 is 0 Å². The highest BCUT2D eigenvalue weighted by Crippen LogP contribution is 2.29. The van der Waals surface area contributed by atoms with Crippen LogP contribution in [0.15, 0.2) is 71.8 Å². The highest BCUT2D eigenvalue weighted by molar-refractivity contribution is 5.76. The first-order chi connectivity index (χ1) is 15.7. The molecule has 0 saturated carbocycles. The van der Waals surface area contributed by atoms with Gasteiger partial charge in [0.25, 0.3) is 0 Å². The predicted octanol–water partition coefficient (Wildman–Crippen LogP) is 5.00. The van der Waals surface area contributed by atoms with Crippen LogP contribution in [0.3, 0.4) is 0 Å². The van der Waals surface area contributed by atoms with Crippen LogP contribution in [0, 0.1) is 0 Å². The average molecular weight is 451 g/mol. The molecular weight excluding hydrogens is 431 g/mol. The van der Waals surface area contributed by atoms with Crippen molar-refractivity contribution in [2.45, 2.75) is 32.5 Å². The van der Waals surface area contributed by atoms with Gasteiger partial charge in [-0.2, -0.15) is 18.3 Å². The molecule has 0 aliphatic rings. The molecule has 33 heavy (non-hydrogen) atoms. The summed E-state index contributed by atoms with van der Waals surface area (Å²) in [4.78, 5) is 12.8. The van der Waals surface area contributed by atoms with Crippen LogP contribution in [0.2, 0.25) is 0 Å². The summed E-state index contributed by atoms with van der Waals surface area (Å²) in [5, 5.41) is 8.99. The van der Waals surface area contributed by atoms with Crippen molar-refractivity contribution in [1.82, 2.24) is 23.8 Å². The van der Waals surface area contributed by atoms with E-state index >= 15 is 0 Å². The first-order valence-corrected chi connectivity index (χ1v) is 10.4. The van der Waals surface area contributed by atoms with Crippen molar-refractivity contribution in [1.29, 1.82) is 0 Å². The Labute approximate surface area is 186 Å². The molecule has 168 valence electrons. The number of hydrogen-bond acceptors (Lipinski definition) is 3. The predicted molar refractivity (Wildman–Crippen MR) is 118 cm³/mol. The molecule has 0 aliphatic heterocycles. The van der Waals surface area contributed by atoms with E-state index < -0.39 is 17.4 Å². The molecule has 2 aromatic carbocycles. The number of hydrogen-bond donors (Lipinski definition) is 0. The number of alkyl halides is 3. The van der Waals surface area contributed by atoms with Crippen LogP contribution in [0.1, 0.15) is 36.5 Å². The van der Waals surface area contributed by atoms with E-state index in [1.807, 2.05) is 18.2 Å². The minimum atomic E-state index is -4.45. The van der Waals surface area contributed by atoms with Crippen molar-refractivity contribution in [3.05, 3.63) is 94.2 Å². The molecule has 9 heteroatoms. The fourth-order valence-electron chi connectivity index (χ4n) is 3.84. The summed E-state index contributed by atoms with van der Waals surface area (Å²) >= 11 is 0. The van der Waals surface area contributed by atoms with E-state index in [9.17, 15) is 18.0 Å². The molecule has 5 aromatic rings. The lowest BCUT2D eigenvalue weighted by Crippen LogP contribution is -2.21. The molecule has 0 spiro atoms. The molecule has 6 nitrogen and oxygen atoms in total. The Morgan fingerprint density at radius 3 is 2.42 bits per heavy atom. The molecule has 0 unspecified atom stereocenters. The van der Waals surface area contributed by atoms with Crippen molar-refractivity contribution in [2.75, 3.05) is 0 Å². The zero-order valence-electron chi connectivity index (χ0n) is 17.9. The summed E-state index contributed by atoms with van der Waals surface area (Å²) < 4.78 is 43.3. The molecule has 0 bridgehead atoms. The third-order valence-electron chi connectivity index (χ3n) is 5.65. The van der Waals surface area contributed by atoms with Crippen LogP contribution in [-0.4, -0.2) is 23.8 Å². The summed E-state index contributed by atoms with van der Waals surface area (Å²) in [6.07, 6.45) is -1.24. The van der Waals surface area contributed by atoms with E-state index in [-0.39, 0.29) is 6.54 Å². The van der Waals surface area contributed by atoms with Gasteiger partial charge in [0.1, 0.15) is 5.52 Å². The highest BCUT2D eigenvalue weighted by Gasteiger charge is 2.30. The van der Waals surface area contributed by atoms with Gasteiger partial charge in [0.2, 0.25) is 0 Å². The van der Waals surface area contributed by atoms with E-state index in [1.54, 1.807) is 23.0 Å². The van der Waals surface area contributed by atoms with Crippen LogP contribution in [0.25, 0.3) is 22.4 Å². The molecule has 3 heterocycles. The van der Waals surface area contributed by atoms with Crippen LogP contribution in [0.5, 0.6) is 0 Å². The van der Waals surface area contributed by atoms with Crippen molar-refractivity contribution in [3.8, 4) is 11.3 Å². The van der Waals surface area contributed by atoms with Crippen molar-refractivity contribution in [3.63, 3.8) is 0 Å². The molecule has 0 aliphatic carbocycles. The zero-order valence-corrected chi connectivity index (χ0v) is 17.9. The van der Waals surface area contributed by atoms with Crippen molar-refractivity contribution in [2.24, 2.45) is 0 Å². The molecule has 0 radical (unpaired) electrons. The van der Waals surface area contributed by atoms with E-state index in [0.717, 1.165) is 28.1 Å². The fraction of sp³-hybridized carbons (Fsp3) is 0.208. The normalized spacial score (nSPS) is 12.3. The van der Waals surface area contributed by atoms with Crippen LogP contribution in [-0.2, 0) is 12.7 Å². The quantitative estimate of drug-likeness (QED) is 0.386. The minimum absolute atomic E-state index is 0.0751. The van der Waals surface area contributed by atoms with Gasteiger partial charge in [0.15, 0.2) is 5.65 Å². The Hall–Kier alpha value is -3.88. The van der Waals surface area contributed by atoms with Crippen molar-refractivity contribution >= 4 is 11.2 Å². The molecule has 0 N–H and O–H groups in total. The zero-order chi connectivity index (χ0) is 23.3. The maximum atomic E-state index is 13.0. The second-order valence-corrected chi connectivity index (χ2v) is 8.27. The third kappa shape index (κ3) is 3.79. The molecule has 0 atom stereocenters. The number of aromatic nitrogens is 5. The standard InChI is InChI=1S/C24H20F3N5O/c1-15(2)17-6-8-18(9-7-17)20-13-21-22-29-32(23(33)30(22)10-11-31(21)28-20)14-16-4-3-5-19(12-16)24(25,26)27/h3-13,15H,14H2,1-2H3. The Balaban J connectivity index is 1.55. The first kappa shape index (κ1) is 21.0. The van der Waals surface area contributed by atoms with Gasteiger partial charge < -0.3 is 0 Å². The minimum Gasteiger partial charge on any atom is -0.247 e. The van der Waals surface area contributed by atoms with Crippen LogP contribution in [0.4, 0.5) is 13.2 Å². The number of nitrogens with zero attached hydrogens (tertiary/aromatic N) is 5. The average Bonchev–Trinajstić information content (AvgIpc) is 3.35. The summed E-state index contributed by atoms with van der Waals surface area (Å²) in [7, 11) is 0. The Morgan fingerprint density at radius 2 is 1.73 bits per heavy atom. The third-order valence-corrected chi connectivity index (χ3v) is 5.65. The smallest absolute Gasteiger partial charge is 0.247 e. The van der Waals surface area contributed by atoms with E-state index in [0.29, 0.717) is 22.6 Å².